The van der Waals surface area contributed by atoms with E-state index in [1.54, 1.807) is 0 Å². The van der Waals surface area contributed by atoms with Crippen LogP contribution in [0.2, 0.25) is 0 Å². The normalized spacial score (nSPS) is 43.0. The highest BCUT2D eigenvalue weighted by molar-refractivity contribution is 4.93. The van der Waals surface area contributed by atoms with Crippen LogP contribution in [0, 0.1) is 11.8 Å². The molecule has 70 valence electrons. The maximum absolute atomic E-state index is 6.36. The van der Waals surface area contributed by atoms with Gasteiger partial charge in [0.15, 0.2) is 0 Å². The Morgan fingerprint density at radius 2 is 1.75 bits per heavy atom. The molecule has 0 heterocycles. The summed E-state index contributed by atoms with van der Waals surface area (Å²) in [6.07, 6.45) is 9.52. The third kappa shape index (κ3) is 2.01. The number of nitrogens with two attached hydrogens (primary N) is 1. The minimum Gasteiger partial charge on any atom is -0.325 e. The standard InChI is InChI=1S/C11H21N/c1-9-4-6-11(12,7-5-9)8-10-2-3-10/h9-10H,2-8,12H2,1H3. The van der Waals surface area contributed by atoms with Crippen LogP contribution in [0.4, 0.5) is 0 Å². The van der Waals surface area contributed by atoms with Gasteiger partial charge in [-0.1, -0.05) is 19.8 Å². The van der Waals surface area contributed by atoms with E-state index in [1.807, 2.05) is 0 Å². The molecule has 0 amide bonds. The molecule has 2 rings (SSSR count). The third-order valence-electron chi connectivity index (χ3n) is 3.66. The van der Waals surface area contributed by atoms with Crippen molar-refractivity contribution in [1.82, 2.24) is 0 Å². The molecule has 0 radical (unpaired) electrons. The zero-order valence-corrected chi connectivity index (χ0v) is 8.18. The quantitative estimate of drug-likeness (QED) is 0.672. The predicted octanol–water partition coefficient (Wildman–Crippen LogP) is 2.69. The first-order valence-electron chi connectivity index (χ1n) is 5.47. The third-order valence-corrected chi connectivity index (χ3v) is 3.66. The second-order valence-electron chi connectivity index (χ2n) is 5.19. The Bertz CT molecular complexity index is 152. The van der Waals surface area contributed by atoms with Crippen molar-refractivity contribution in [3.05, 3.63) is 0 Å². The molecule has 0 aliphatic heterocycles. The molecule has 2 N–H and O–H groups in total. The van der Waals surface area contributed by atoms with Crippen molar-refractivity contribution in [3.63, 3.8) is 0 Å². The highest BCUT2D eigenvalue weighted by atomic mass is 14.8. The Hall–Kier alpha value is -0.0400. The van der Waals surface area contributed by atoms with Gasteiger partial charge in [-0.05, 0) is 43.9 Å². The first-order valence-corrected chi connectivity index (χ1v) is 5.47. The summed E-state index contributed by atoms with van der Waals surface area (Å²) in [5.74, 6) is 1.93. The van der Waals surface area contributed by atoms with E-state index in [1.165, 1.54) is 44.9 Å². The summed E-state index contributed by atoms with van der Waals surface area (Å²) in [5.41, 5.74) is 6.61. The predicted molar refractivity (Wildman–Crippen MR) is 51.9 cm³/mol. The summed E-state index contributed by atoms with van der Waals surface area (Å²) < 4.78 is 0. The molecular weight excluding hydrogens is 146 g/mol. The van der Waals surface area contributed by atoms with Crippen LogP contribution in [-0.2, 0) is 0 Å². The minimum atomic E-state index is 0.244. The van der Waals surface area contributed by atoms with Gasteiger partial charge >= 0.3 is 0 Å². The van der Waals surface area contributed by atoms with Crippen LogP contribution in [0.5, 0.6) is 0 Å². The van der Waals surface area contributed by atoms with Crippen molar-refractivity contribution in [1.29, 1.82) is 0 Å². The molecule has 12 heavy (non-hydrogen) atoms. The lowest BCUT2D eigenvalue weighted by Gasteiger charge is -2.36. The monoisotopic (exact) mass is 167 g/mol. The molecule has 0 atom stereocenters. The van der Waals surface area contributed by atoms with E-state index in [2.05, 4.69) is 6.92 Å². The zero-order valence-electron chi connectivity index (χ0n) is 8.18. The summed E-state index contributed by atoms with van der Waals surface area (Å²) in [6.45, 7) is 2.36. The SMILES string of the molecule is CC1CCC(N)(CC2CC2)CC1. The molecule has 2 fully saturated rings. The molecule has 2 saturated carbocycles. The number of hydrogen-bond donors (Lipinski definition) is 1. The Morgan fingerprint density at radius 1 is 1.17 bits per heavy atom. The summed E-state index contributed by atoms with van der Waals surface area (Å²) >= 11 is 0. The van der Waals surface area contributed by atoms with E-state index < -0.39 is 0 Å². The summed E-state index contributed by atoms with van der Waals surface area (Å²) in [7, 11) is 0. The van der Waals surface area contributed by atoms with Crippen molar-refractivity contribution in [2.24, 2.45) is 17.6 Å². The topological polar surface area (TPSA) is 26.0 Å². The molecule has 1 nitrogen and oxygen atoms in total. The zero-order chi connectivity index (χ0) is 8.60. The van der Waals surface area contributed by atoms with Crippen molar-refractivity contribution < 1.29 is 0 Å². The van der Waals surface area contributed by atoms with Crippen molar-refractivity contribution in [2.75, 3.05) is 0 Å². The van der Waals surface area contributed by atoms with Crippen LogP contribution in [0.3, 0.4) is 0 Å². The maximum atomic E-state index is 6.36. The molecule has 0 aromatic heterocycles. The fourth-order valence-electron chi connectivity index (χ4n) is 2.44. The number of hydrogen-bond acceptors (Lipinski definition) is 1. The van der Waals surface area contributed by atoms with Gasteiger partial charge in [0.2, 0.25) is 0 Å². The lowest BCUT2D eigenvalue weighted by molar-refractivity contribution is 0.223. The highest BCUT2D eigenvalue weighted by Crippen LogP contribution is 2.41. The van der Waals surface area contributed by atoms with Gasteiger partial charge in [-0.3, -0.25) is 0 Å². The maximum Gasteiger partial charge on any atom is 0.0157 e. The van der Waals surface area contributed by atoms with E-state index in [0.29, 0.717) is 0 Å². The Balaban J connectivity index is 1.83. The van der Waals surface area contributed by atoms with Crippen LogP contribution in [0.25, 0.3) is 0 Å². The van der Waals surface area contributed by atoms with Crippen LogP contribution in [-0.4, -0.2) is 5.54 Å². The number of rotatable bonds is 2. The Kier molecular flexibility index (Phi) is 2.16. The van der Waals surface area contributed by atoms with Crippen LogP contribution < -0.4 is 5.73 Å². The van der Waals surface area contributed by atoms with Gasteiger partial charge in [0.1, 0.15) is 0 Å². The van der Waals surface area contributed by atoms with E-state index in [9.17, 15) is 0 Å². The molecular formula is C11H21N. The van der Waals surface area contributed by atoms with E-state index in [0.717, 1.165) is 11.8 Å². The summed E-state index contributed by atoms with van der Waals surface area (Å²) in [6, 6.07) is 0. The van der Waals surface area contributed by atoms with Gasteiger partial charge in [-0.15, -0.1) is 0 Å². The smallest absolute Gasteiger partial charge is 0.0157 e. The molecule has 1 heteroatoms. The van der Waals surface area contributed by atoms with Crippen LogP contribution >= 0.6 is 0 Å². The summed E-state index contributed by atoms with van der Waals surface area (Å²) in [5, 5.41) is 0. The average Bonchev–Trinajstić information content (AvgIpc) is 2.80. The van der Waals surface area contributed by atoms with Gasteiger partial charge in [-0.2, -0.15) is 0 Å². The summed E-state index contributed by atoms with van der Waals surface area (Å²) in [4.78, 5) is 0. The molecule has 0 unspecified atom stereocenters. The molecule has 0 bridgehead atoms. The van der Waals surface area contributed by atoms with Gasteiger partial charge < -0.3 is 5.73 Å². The molecule has 2 aliphatic carbocycles. The average molecular weight is 167 g/mol. The molecule has 0 spiro atoms. The second kappa shape index (κ2) is 3.02. The molecule has 2 aliphatic rings. The lowest BCUT2D eigenvalue weighted by Crippen LogP contribution is -2.43. The molecule has 0 saturated heterocycles. The highest BCUT2D eigenvalue weighted by Gasteiger charge is 2.35. The van der Waals surface area contributed by atoms with Gasteiger partial charge in [0.05, 0.1) is 0 Å². The van der Waals surface area contributed by atoms with Gasteiger partial charge in [0, 0.05) is 5.54 Å². The Morgan fingerprint density at radius 3 is 2.25 bits per heavy atom. The van der Waals surface area contributed by atoms with Crippen molar-refractivity contribution in [2.45, 2.75) is 57.4 Å². The van der Waals surface area contributed by atoms with E-state index in [4.69, 9.17) is 5.73 Å². The fourth-order valence-corrected chi connectivity index (χ4v) is 2.44. The molecule has 0 aromatic rings. The van der Waals surface area contributed by atoms with Crippen molar-refractivity contribution in [3.8, 4) is 0 Å². The Labute approximate surface area is 75.7 Å². The first-order chi connectivity index (χ1) is 5.68. The van der Waals surface area contributed by atoms with Crippen LogP contribution in [0.1, 0.15) is 51.9 Å². The van der Waals surface area contributed by atoms with Gasteiger partial charge in [-0.25, -0.2) is 0 Å². The fraction of sp³-hybridized carbons (Fsp3) is 1.00. The lowest BCUT2D eigenvalue weighted by atomic mass is 9.75. The second-order valence-corrected chi connectivity index (χ2v) is 5.19. The molecule has 0 aromatic carbocycles. The van der Waals surface area contributed by atoms with Crippen molar-refractivity contribution >= 4 is 0 Å². The van der Waals surface area contributed by atoms with E-state index in [-0.39, 0.29) is 5.54 Å². The minimum absolute atomic E-state index is 0.244. The first kappa shape index (κ1) is 8.55. The van der Waals surface area contributed by atoms with Gasteiger partial charge in [0.25, 0.3) is 0 Å². The van der Waals surface area contributed by atoms with Crippen LogP contribution in [0.15, 0.2) is 0 Å². The largest absolute Gasteiger partial charge is 0.325 e. The van der Waals surface area contributed by atoms with E-state index >= 15 is 0 Å².